The zero-order valence-corrected chi connectivity index (χ0v) is 16.7. The summed E-state index contributed by atoms with van der Waals surface area (Å²) < 4.78 is 30.0. The van der Waals surface area contributed by atoms with Crippen LogP contribution in [0.4, 0.5) is 8.78 Å². The van der Waals surface area contributed by atoms with Crippen molar-refractivity contribution in [2.75, 3.05) is 33.3 Å². The van der Waals surface area contributed by atoms with E-state index >= 15 is 0 Å². The number of nitriles is 1. The van der Waals surface area contributed by atoms with Crippen molar-refractivity contribution in [3.05, 3.63) is 59.7 Å². The van der Waals surface area contributed by atoms with E-state index < -0.39 is 5.76 Å². The number of piperazine rings is 1. The molecular weight excluding hydrogens is 396 g/mol. The molecule has 1 heterocycles. The maximum absolute atomic E-state index is 12.7. The standard InChI is InChI=1S/C21H21F2N3O2S/c1-28-17-6-2-15(3-7-17)19(14-24)25-10-12-26(13-11-25)20(27)16-4-8-18(9-5-16)29-21(22)23/h2-9,19,21H,10-13H2,1H3. The van der Waals surface area contributed by atoms with E-state index in [0.29, 0.717) is 48.4 Å². The molecule has 1 atom stereocenters. The lowest BCUT2D eigenvalue weighted by atomic mass is 10.1. The Bertz CT molecular complexity index is 861. The summed E-state index contributed by atoms with van der Waals surface area (Å²) in [5.74, 6) is -1.88. The molecule has 3 rings (SSSR count). The normalized spacial score (nSPS) is 15.8. The number of ether oxygens (including phenoxy) is 1. The third kappa shape index (κ3) is 5.25. The number of halogens is 2. The minimum Gasteiger partial charge on any atom is -0.497 e. The Morgan fingerprint density at radius 3 is 2.21 bits per heavy atom. The largest absolute Gasteiger partial charge is 0.497 e. The molecule has 0 aliphatic carbocycles. The lowest BCUT2D eigenvalue weighted by Crippen LogP contribution is -2.49. The molecule has 152 valence electrons. The van der Waals surface area contributed by atoms with Crippen molar-refractivity contribution < 1.29 is 18.3 Å². The fourth-order valence-electron chi connectivity index (χ4n) is 3.30. The molecular formula is C21H21F2N3O2S. The van der Waals surface area contributed by atoms with Gasteiger partial charge in [0.2, 0.25) is 0 Å². The Balaban J connectivity index is 1.60. The van der Waals surface area contributed by atoms with Gasteiger partial charge in [0.15, 0.2) is 0 Å². The molecule has 2 aromatic carbocycles. The van der Waals surface area contributed by atoms with Crippen LogP contribution in [0.25, 0.3) is 0 Å². The summed E-state index contributed by atoms with van der Waals surface area (Å²) in [6.07, 6.45) is 0. The number of nitrogens with zero attached hydrogens (tertiary/aromatic N) is 3. The zero-order chi connectivity index (χ0) is 20.8. The first-order chi connectivity index (χ1) is 14.0. The molecule has 2 aromatic rings. The van der Waals surface area contributed by atoms with Crippen LogP contribution in [0.3, 0.4) is 0 Å². The highest BCUT2D eigenvalue weighted by Gasteiger charge is 2.27. The predicted octanol–water partition coefficient (Wildman–Crippen LogP) is 4.03. The second-order valence-corrected chi connectivity index (χ2v) is 7.60. The molecule has 8 heteroatoms. The average Bonchev–Trinajstić information content (AvgIpc) is 2.75. The molecule has 0 aromatic heterocycles. The maximum atomic E-state index is 12.7. The van der Waals surface area contributed by atoms with Gasteiger partial charge in [-0.1, -0.05) is 23.9 Å². The van der Waals surface area contributed by atoms with Gasteiger partial charge in [0.25, 0.3) is 11.7 Å². The number of hydrogen-bond acceptors (Lipinski definition) is 5. The molecule has 0 bridgehead atoms. The number of carbonyl (C=O) groups excluding carboxylic acids is 1. The van der Waals surface area contributed by atoms with Crippen LogP contribution in [0.5, 0.6) is 5.75 Å². The van der Waals surface area contributed by atoms with E-state index in [9.17, 15) is 18.8 Å². The molecule has 5 nitrogen and oxygen atoms in total. The first kappa shape index (κ1) is 21.1. The maximum Gasteiger partial charge on any atom is 0.288 e. The highest BCUT2D eigenvalue weighted by atomic mass is 32.2. The smallest absolute Gasteiger partial charge is 0.288 e. The van der Waals surface area contributed by atoms with Gasteiger partial charge in [-0.05, 0) is 42.0 Å². The number of amides is 1. The summed E-state index contributed by atoms with van der Waals surface area (Å²) in [5.41, 5.74) is 1.37. The monoisotopic (exact) mass is 417 g/mol. The van der Waals surface area contributed by atoms with Crippen molar-refractivity contribution in [2.24, 2.45) is 0 Å². The summed E-state index contributed by atoms with van der Waals surface area (Å²) in [5, 5.41) is 9.64. The fourth-order valence-corrected chi connectivity index (χ4v) is 3.80. The number of methoxy groups -OCH3 is 1. The van der Waals surface area contributed by atoms with E-state index in [2.05, 4.69) is 6.07 Å². The molecule has 1 saturated heterocycles. The number of hydrogen-bond donors (Lipinski definition) is 0. The van der Waals surface area contributed by atoms with Crippen molar-refractivity contribution in [3.63, 3.8) is 0 Å². The van der Waals surface area contributed by atoms with Gasteiger partial charge in [-0.2, -0.15) is 14.0 Å². The van der Waals surface area contributed by atoms with E-state index in [0.717, 1.165) is 11.3 Å². The van der Waals surface area contributed by atoms with Crippen LogP contribution in [0.1, 0.15) is 22.0 Å². The van der Waals surface area contributed by atoms with Crippen molar-refractivity contribution >= 4 is 17.7 Å². The average molecular weight is 417 g/mol. The second-order valence-electron chi connectivity index (χ2n) is 6.54. The van der Waals surface area contributed by atoms with Crippen molar-refractivity contribution in [1.29, 1.82) is 5.26 Å². The van der Waals surface area contributed by atoms with Crippen LogP contribution >= 0.6 is 11.8 Å². The van der Waals surface area contributed by atoms with E-state index in [1.165, 1.54) is 12.1 Å². The molecule has 1 aliphatic heterocycles. The highest BCUT2D eigenvalue weighted by molar-refractivity contribution is 7.99. The number of thioether (sulfide) groups is 1. The van der Waals surface area contributed by atoms with Crippen LogP contribution in [-0.4, -0.2) is 54.8 Å². The predicted molar refractivity (Wildman–Crippen MR) is 107 cm³/mol. The Morgan fingerprint density at radius 1 is 1.07 bits per heavy atom. The van der Waals surface area contributed by atoms with E-state index in [1.807, 2.05) is 29.2 Å². The third-order valence-electron chi connectivity index (χ3n) is 4.85. The second kappa shape index (κ2) is 9.72. The summed E-state index contributed by atoms with van der Waals surface area (Å²) in [7, 11) is 1.60. The Labute approximate surface area is 172 Å². The number of benzene rings is 2. The van der Waals surface area contributed by atoms with Crippen molar-refractivity contribution in [1.82, 2.24) is 9.80 Å². The summed E-state index contributed by atoms with van der Waals surface area (Å²) in [4.78, 5) is 16.9. The van der Waals surface area contributed by atoms with Gasteiger partial charge >= 0.3 is 0 Å². The van der Waals surface area contributed by atoms with Gasteiger partial charge in [0.05, 0.1) is 13.2 Å². The molecule has 0 spiro atoms. The fraction of sp³-hybridized carbons (Fsp3) is 0.333. The summed E-state index contributed by atoms with van der Waals surface area (Å²) >= 11 is 0.457. The van der Waals surface area contributed by atoms with Gasteiger partial charge in [0, 0.05) is 36.6 Å². The quantitative estimate of drug-likeness (QED) is 0.664. The summed E-state index contributed by atoms with van der Waals surface area (Å²) in [6, 6.07) is 15.6. The van der Waals surface area contributed by atoms with E-state index in [-0.39, 0.29) is 11.9 Å². The molecule has 1 unspecified atom stereocenters. The van der Waals surface area contributed by atoms with Gasteiger partial charge in [-0.3, -0.25) is 9.69 Å². The van der Waals surface area contributed by atoms with Crippen LogP contribution in [0.15, 0.2) is 53.4 Å². The van der Waals surface area contributed by atoms with Gasteiger partial charge in [0.1, 0.15) is 11.8 Å². The van der Waals surface area contributed by atoms with Crippen LogP contribution in [-0.2, 0) is 0 Å². The molecule has 0 N–H and O–H groups in total. The van der Waals surface area contributed by atoms with Gasteiger partial charge in [-0.15, -0.1) is 0 Å². The first-order valence-electron chi connectivity index (χ1n) is 9.13. The molecule has 0 radical (unpaired) electrons. The minimum absolute atomic E-state index is 0.129. The Hall–Kier alpha value is -2.63. The Morgan fingerprint density at radius 2 is 1.69 bits per heavy atom. The SMILES string of the molecule is COc1ccc(C(C#N)N2CCN(C(=O)c3ccc(SC(F)F)cc3)CC2)cc1. The third-order valence-corrected chi connectivity index (χ3v) is 5.57. The van der Waals surface area contributed by atoms with Crippen molar-refractivity contribution in [3.8, 4) is 11.8 Å². The van der Waals surface area contributed by atoms with Crippen LogP contribution in [0, 0.1) is 11.3 Å². The molecule has 29 heavy (non-hydrogen) atoms. The van der Waals surface area contributed by atoms with Crippen molar-refractivity contribution in [2.45, 2.75) is 16.7 Å². The number of alkyl halides is 2. The van der Waals surface area contributed by atoms with Crippen LogP contribution in [0.2, 0.25) is 0 Å². The number of rotatable bonds is 6. The lowest BCUT2D eigenvalue weighted by molar-refractivity contribution is 0.0606. The zero-order valence-electron chi connectivity index (χ0n) is 15.9. The first-order valence-corrected chi connectivity index (χ1v) is 10.0. The minimum atomic E-state index is -2.48. The topological polar surface area (TPSA) is 56.6 Å². The van der Waals surface area contributed by atoms with E-state index in [4.69, 9.17) is 4.74 Å². The van der Waals surface area contributed by atoms with Gasteiger partial charge in [-0.25, -0.2) is 0 Å². The van der Waals surface area contributed by atoms with E-state index in [1.54, 1.807) is 24.1 Å². The van der Waals surface area contributed by atoms with Crippen LogP contribution < -0.4 is 4.74 Å². The highest BCUT2D eigenvalue weighted by Crippen LogP contribution is 2.26. The number of carbonyl (C=O) groups is 1. The Kier molecular flexibility index (Phi) is 7.07. The molecule has 0 saturated carbocycles. The molecule has 1 fully saturated rings. The molecule has 1 aliphatic rings. The molecule has 1 amide bonds. The summed E-state index contributed by atoms with van der Waals surface area (Å²) in [6.45, 7) is 2.16. The van der Waals surface area contributed by atoms with Gasteiger partial charge < -0.3 is 9.64 Å². The lowest BCUT2D eigenvalue weighted by Gasteiger charge is -2.37.